The molecule has 0 amide bonds. The van der Waals surface area contributed by atoms with Gasteiger partial charge < -0.3 is 9.73 Å². The highest BCUT2D eigenvalue weighted by molar-refractivity contribution is 7.89. The molecule has 0 saturated heterocycles. The number of aromatic nitrogens is 1. The van der Waals surface area contributed by atoms with Gasteiger partial charge in [-0.2, -0.15) is 0 Å². The van der Waals surface area contributed by atoms with E-state index in [1.807, 2.05) is 31.3 Å². The lowest BCUT2D eigenvalue weighted by molar-refractivity contribution is 0.582. The number of sulfonamides is 1. The van der Waals surface area contributed by atoms with Gasteiger partial charge in [0.05, 0.1) is 21.4 Å². The molecule has 0 spiro atoms. The number of hydrogen-bond acceptors (Lipinski definition) is 6. The van der Waals surface area contributed by atoms with E-state index < -0.39 is 10.0 Å². The summed E-state index contributed by atoms with van der Waals surface area (Å²) >= 11 is 1.43. The minimum absolute atomic E-state index is 0.0837. The molecule has 0 unspecified atom stereocenters. The topological polar surface area (TPSA) is 98.2 Å². The number of nitrogens with one attached hydrogen (secondary N) is 1. The smallest absolute Gasteiger partial charge is 0.238 e. The number of primary sulfonamides is 1. The van der Waals surface area contributed by atoms with Crippen molar-refractivity contribution in [1.29, 1.82) is 0 Å². The quantitative estimate of drug-likeness (QED) is 0.534. The summed E-state index contributed by atoms with van der Waals surface area (Å²) in [6.45, 7) is 0.728. The van der Waals surface area contributed by atoms with Crippen molar-refractivity contribution in [1.82, 2.24) is 10.3 Å². The molecule has 2 aromatic heterocycles. The highest BCUT2D eigenvalue weighted by Gasteiger charge is 2.16. The Morgan fingerprint density at radius 1 is 1.15 bits per heavy atom. The number of nitrogens with two attached hydrogens (primary N) is 1. The molecule has 0 fully saturated rings. The number of hydrogen-bond donors (Lipinski definition) is 2. The molecule has 0 aliphatic carbocycles. The predicted octanol–water partition coefficient (Wildman–Crippen LogP) is 3.59. The van der Waals surface area contributed by atoms with Crippen LogP contribution in [0.25, 0.3) is 32.1 Å². The van der Waals surface area contributed by atoms with Crippen molar-refractivity contribution < 1.29 is 12.8 Å². The lowest BCUT2D eigenvalue weighted by Gasteiger charge is -2.08. The van der Waals surface area contributed by atoms with Crippen molar-refractivity contribution >= 4 is 31.6 Å². The van der Waals surface area contributed by atoms with Gasteiger partial charge in [0, 0.05) is 17.7 Å². The fraction of sp³-hybridized carbons (Fsp3) is 0.105. The van der Waals surface area contributed by atoms with E-state index in [9.17, 15) is 8.42 Å². The maximum atomic E-state index is 11.6. The molecular weight excluding hydrogens is 382 g/mol. The molecule has 2 aromatic carbocycles. The number of fused-ring (bicyclic) bond motifs is 1. The zero-order valence-electron chi connectivity index (χ0n) is 14.5. The van der Waals surface area contributed by atoms with Crippen molar-refractivity contribution in [3.8, 4) is 21.9 Å². The van der Waals surface area contributed by atoms with Crippen LogP contribution in [0.4, 0.5) is 0 Å². The van der Waals surface area contributed by atoms with Crippen LogP contribution in [-0.2, 0) is 16.6 Å². The fourth-order valence-corrected chi connectivity index (χ4v) is 4.58. The Hall–Kier alpha value is -2.52. The molecule has 27 heavy (non-hydrogen) atoms. The summed E-state index contributed by atoms with van der Waals surface area (Å²) in [5.74, 6) is 0.755. The standard InChI is InChI=1S/C19H17N3O3S2/c1-21-11-12-4-6-14(17-3-2-8-25-17)15(9-12)19-22-16-7-5-13(27(20,23)24)10-18(16)26-19/h2-10,21H,11H2,1H3,(H2,20,23,24). The van der Waals surface area contributed by atoms with Crippen molar-refractivity contribution in [2.45, 2.75) is 11.4 Å². The first-order valence-corrected chi connectivity index (χ1v) is 10.6. The van der Waals surface area contributed by atoms with Crippen LogP contribution >= 0.6 is 11.3 Å². The van der Waals surface area contributed by atoms with E-state index in [4.69, 9.17) is 14.5 Å². The second kappa shape index (κ2) is 6.90. The zero-order chi connectivity index (χ0) is 19.0. The maximum Gasteiger partial charge on any atom is 0.238 e. The molecule has 6 nitrogen and oxygen atoms in total. The molecule has 0 saturated carbocycles. The second-order valence-electron chi connectivity index (χ2n) is 6.08. The van der Waals surface area contributed by atoms with Gasteiger partial charge in [-0.3, -0.25) is 0 Å². The molecule has 0 aliphatic rings. The Kier molecular flexibility index (Phi) is 4.56. The Balaban J connectivity index is 1.90. The van der Waals surface area contributed by atoms with E-state index in [0.29, 0.717) is 0 Å². The number of thiazole rings is 1. The van der Waals surface area contributed by atoms with E-state index in [1.54, 1.807) is 18.4 Å². The minimum Gasteiger partial charge on any atom is -0.464 e. The third-order valence-electron chi connectivity index (χ3n) is 4.17. The van der Waals surface area contributed by atoms with Crippen molar-refractivity contribution in [2.75, 3.05) is 7.05 Å². The van der Waals surface area contributed by atoms with Gasteiger partial charge in [0.2, 0.25) is 10.0 Å². The average Bonchev–Trinajstić information content (AvgIpc) is 3.30. The first kappa shape index (κ1) is 17.9. The lowest BCUT2D eigenvalue weighted by atomic mass is 10.0. The number of rotatable bonds is 5. The van der Waals surface area contributed by atoms with Crippen LogP contribution in [0, 0.1) is 0 Å². The Morgan fingerprint density at radius 3 is 2.70 bits per heavy atom. The van der Waals surface area contributed by atoms with Gasteiger partial charge in [0.25, 0.3) is 0 Å². The summed E-state index contributed by atoms with van der Waals surface area (Å²) in [5.41, 5.74) is 3.72. The monoisotopic (exact) mass is 399 g/mol. The molecule has 0 atom stereocenters. The van der Waals surface area contributed by atoms with Crippen molar-refractivity contribution in [3.63, 3.8) is 0 Å². The van der Waals surface area contributed by atoms with E-state index in [0.717, 1.165) is 44.2 Å². The van der Waals surface area contributed by atoms with Gasteiger partial charge in [-0.1, -0.05) is 12.1 Å². The Morgan fingerprint density at radius 2 is 2.00 bits per heavy atom. The van der Waals surface area contributed by atoms with E-state index in [1.165, 1.54) is 17.4 Å². The summed E-state index contributed by atoms with van der Waals surface area (Å²) in [5, 5.41) is 9.18. The van der Waals surface area contributed by atoms with E-state index in [2.05, 4.69) is 11.4 Å². The SMILES string of the molecule is CNCc1ccc(-c2ccco2)c(-c2nc3ccc(S(N)(=O)=O)cc3s2)c1. The van der Waals surface area contributed by atoms with Gasteiger partial charge in [-0.05, 0) is 49.0 Å². The maximum absolute atomic E-state index is 11.6. The number of benzene rings is 2. The predicted molar refractivity (Wildman–Crippen MR) is 107 cm³/mol. The van der Waals surface area contributed by atoms with Gasteiger partial charge in [0.1, 0.15) is 10.8 Å². The van der Waals surface area contributed by atoms with Crippen LogP contribution in [0.2, 0.25) is 0 Å². The number of furan rings is 1. The van der Waals surface area contributed by atoms with E-state index in [-0.39, 0.29) is 4.90 Å². The van der Waals surface area contributed by atoms with Crippen LogP contribution < -0.4 is 10.5 Å². The van der Waals surface area contributed by atoms with Crippen molar-refractivity contribution in [3.05, 3.63) is 60.4 Å². The molecule has 8 heteroatoms. The van der Waals surface area contributed by atoms with Gasteiger partial charge in [-0.25, -0.2) is 18.5 Å². The average molecular weight is 399 g/mol. The third-order valence-corrected chi connectivity index (χ3v) is 6.13. The fourth-order valence-electron chi connectivity index (χ4n) is 2.93. The first-order chi connectivity index (χ1) is 13.0. The molecule has 4 aromatic rings. The highest BCUT2D eigenvalue weighted by Crippen LogP contribution is 2.38. The molecule has 138 valence electrons. The van der Waals surface area contributed by atoms with Crippen LogP contribution in [0.1, 0.15) is 5.56 Å². The van der Waals surface area contributed by atoms with E-state index >= 15 is 0 Å². The van der Waals surface area contributed by atoms with Crippen LogP contribution in [0.3, 0.4) is 0 Å². The van der Waals surface area contributed by atoms with Crippen LogP contribution in [0.15, 0.2) is 64.1 Å². The molecule has 0 bridgehead atoms. The summed E-state index contributed by atoms with van der Waals surface area (Å²) in [6.07, 6.45) is 1.64. The molecule has 2 heterocycles. The van der Waals surface area contributed by atoms with Crippen molar-refractivity contribution in [2.24, 2.45) is 5.14 Å². The zero-order valence-corrected chi connectivity index (χ0v) is 16.1. The second-order valence-corrected chi connectivity index (χ2v) is 8.67. The molecule has 3 N–H and O–H groups in total. The van der Waals surface area contributed by atoms with Crippen LogP contribution in [0.5, 0.6) is 0 Å². The largest absolute Gasteiger partial charge is 0.464 e. The Bertz CT molecular complexity index is 1210. The third kappa shape index (κ3) is 3.52. The molecular formula is C19H17N3O3S2. The lowest BCUT2D eigenvalue weighted by Crippen LogP contribution is -2.11. The number of nitrogens with zero attached hydrogens (tertiary/aromatic N) is 1. The summed E-state index contributed by atoms with van der Waals surface area (Å²) in [4.78, 5) is 4.78. The summed E-state index contributed by atoms with van der Waals surface area (Å²) in [7, 11) is -1.86. The first-order valence-electron chi connectivity index (χ1n) is 8.21. The van der Waals surface area contributed by atoms with Gasteiger partial charge in [0.15, 0.2) is 0 Å². The molecule has 0 aliphatic heterocycles. The van der Waals surface area contributed by atoms with Gasteiger partial charge in [-0.15, -0.1) is 11.3 Å². The highest BCUT2D eigenvalue weighted by atomic mass is 32.2. The minimum atomic E-state index is -3.75. The Labute approximate surface area is 160 Å². The van der Waals surface area contributed by atoms with Gasteiger partial charge >= 0.3 is 0 Å². The summed E-state index contributed by atoms with van der Waals surface area (Å²) in [6, 6.07) is 14.6. The molecule has 4 rings (SSSR count). The van der Waals surface area contributed by atoms with Crippen LogP contribution in [-0.4, -0.2) is 20.4 Å². The summed E-state index contributed by atoms with van der Waals surface area (Å²) < 4.78 is 29.6. The molecule has 0 radical (unpaired) electrons. The normalized spacial score (nSPS) is 11.9.